The Balaban J connectivity index is 2.40. The summed E-state index contributed by atoms with van der Waals surface area (Å²) in [5.74, 6) is -1.12. The number of benzene rings is 1. The van der Waals surface area contributed by atoms with Gasteiger partial charge in [-0.25, -0.2) is 4.39 Å². The number of aliphatic carboxylic acids is 1. The average Bonchev–Trinajstić information content (AvgIpc) is 2.40. The molecule has 0 bridgehead atoms. The molecule has 6 heteroatoms. The van der Waals surface area contributed by atoms with Crippen LogP contribution in [0.2, 0.25) is 0 Å². The van der Waals surface area contributed by atoms with Crippen LogP contribution in [-0.2, 0) is 9.59 Å². The number of halogens is 1. The topological polar surface area (TPSA) is 75.6 Å². The highest BCUT2D eigenvalue weighted by molar-refractivity contribution is 5.84. The lowest BCUT2D eigenvalue weighted by atomic mass is 10.1. The molecule has 1 aromatic rings. The van der Waals surface area contributed by atoms with Crippen LogP contribution in [0.3, 0.4) is 0 Å². The minimum Gasteiger partial charge on any atom is -0.481 e. The Morgan fingerprint density at radius 3 is 2.43 bits per heavy atom. The Bertz CT molecular complexity index is 485. The van der Waals surface area contributed by atoms with Gasteiger partial charge in [0.2, 0.25) is 0 Å². The highest BCUT2D eigenvalue weighted by atomic mass is 19.1. The van der Waals surface area contributed by atoms with Crippen LogP contribution in [0.25, 0.3) is 0 Å². The van der Waals surface area contributed by atoms with Crippen LogP contribution >= 0.6 is 0 Å². The molecule has 1 aromatic carbocycles. The third kappa shape index (κ3) is 6.25. The fraction of sp³-hybridized carbons (Fsp3) is 0.467. The average molecular weight is 297 g/mol. The van der Waals surface area contributed by atoms with Crippen LogP contribution in [0.4, 0.5) is 4.39 Å². The number of carbonyl (C=O) groups is 2. The van der Waals surface area contributed by atoms with Gasteiger partial charge in [0.25, 0.3) is 5.91 Å². The quantitative estimate of drug-likeness (QED) is 0.722. The molecule has 0 aliphatic carbocycles. The van der Waals surface area contributed by atoms with Crippen molar-refractivity contribution in [1.82, 2.24) is 5.32 Å². The Hall–Kier alpha value is -2.11. The summed E-state index contributed by atoms with van der Waals surface area (Å²) >= 11 is 0. The van der Waals surface area contributed by atoms with Gasteiger partial charge in [0.1, 0.15) is 11.6 Å². The van der Waals surface area contributed by atoms with Crippen LogP contribution in [-0.4, -0.2) is 29.1 Å². The molecule has 0 spiro atoms. The maximum Gasteiger partial charge on any atom is 0.303 e. The number of hydrogen-bond donors (Lipinski definition) is 2. The van der Waals surface area contributed by atoms with Crippen molar-refractivity contribution in [3.63, 3.8) is 0 Å². The summed E-state index contributed by atoms with van der Waals surface area (Å²) in [6.07, 6.45) is 1.19. The van der Waals surface area contributed by atoms with E-state index in [4.69, 9.17) is 9.84 Å². The number of amides is 1. The lowest BCUT2D eigenvalue weighted by Crippen LogP contribution is -2.46. The molecule has 0 atom stereocenters. The van der Waals surface area contributed by atoms with E-state index in [-0.39, 0.29) is 18.1 Å². The van der Waals surface area contributed by atoms with E-state index >= 15 is 0 Å². The Morgan fingerprint density at radius 1 is 1.24 bits per heavy atom. The summed E-state index contributed by atoms with van der Waals surface area (Å²) in [6.45, 7) is 3.62. The SMILES string of the molecule is CC(C)(Oc1ccc(F)cc1)C(=O)NCCCCC(=O)O. The monoisotopic (exact) mass is 297 g/mol. The zero-order valence-electron chi connectivity index (χ0n) is 12.2. The first-order valence-electron chi connectivity index (χ1n) is 6.76. The number of ether oxygens (including phenoxy) is 1. The second kappa shape index (κ2) is 7.61. The first-order chi connectivity index (χ1) is 9.81. The maximum atomic E-state index is 12.8. The molecule has 0 radical (unpaired) electrons. The predicted octanol–water partition coefficient (Wildman–Crippen LogP) is 2.35. The Kier molecular flexibility index (Phi) is 6.14. The van der Waals surface area contributed by atoms with Crippen molar-refractivity contribution in [2.75, 3.05) is 6.54 Å². The summed E-state index contributed by atoms with van der Waals surface area (Å²) in [7, 11) is 0. The molecular formula is C15H20FNO4. The molecule has 1 rings (SSSR count). The molecule has 21 heavy (non-hydrogen) atoms. The molecule has 2 N–H and O–H groups in total. The highest BCUT2D eigenvalue weighted by Gasteiger charge is 2.29. The van der Waals surface area contributed by atoms with E-state index in [2.05, 4.69) is 5.32 Å². The van der Waals surface area contributed by atoms with Crippen molar-refractivity contribution in [2.24, 2.45) is 0 Å². The van der Waals surface area contributed by atoms with Gasteiger partial charge in [-0.1, -0.05) is 0 Å². The van der Waals surface area contributed by atoms with Crippen molar-refractivity contribution < 1.29 is 23.8 Å². The van der Waals surface area contributed by atoms with Crippen LogP contribution in [0.15, 0.2) is 24.3 Å². The van der Waals surface area contributed by atoms with Crippen LogP contribution in [0, 0.1) is 5.82 Å². The van der Waals surface area contributed by atoms with Crippen molar-refractivity contribution in [2.45, 2.75) is 38.7 Å². The van der Waals surface area contributed by atoms with Crippen LogP contribution in [0.5, 0.6) is 5.75 Å². The smallest absolute Gasteiger partial charge is 0.303 e. The number of rotatable bonds is 8. The zero-order valence-corrected chi connectivity index (χ0v) is 12.2. The van der Waals surface area contributed by atoms with Gasteiger partial charge in [-0.15, -0.1) is 0 Å². The molecule has 0 aliphatic rings. The third-order valence-corrected chi connectivity index (χ3v) is 2.84. The van der Waals surface area contributed by atoms with Crippen LogP contribution in [0.1, 0.15) is 33.1 Å². The number of carboxylic acids is 1. The molecule has 0 heterocycles. The summed E-state index contributed by atoms with van der Waals surface area (Å²) in [5.41, 5.74) is -1.09. The predicted molar refractivity (Wildman–Crippen MR) is 75.6 cm³/mol. The van der Waals surface area contributed by atoms with E-state index in [1.54, 1.807) is 13.8 Å². The van der Waals surface area contributed by atoms with Crippen LogP contribution < -0.4 is 10.1 Å². The maximum absolute atomic E-state index is 12.8. The standard InChI is InChI=1S/C15H20FNO4/c1-15(2,21-12-8-6-11(16)7-9-12)14(20)17-10-4-3-5-13(18)19/h6-9H,3-5,10H2,1-2H3,(H,17,20)(H,18,19). The molecule has 0 aliphatic heterocycles. The van der Waals surface area contributed by atoms with Gasteiger partial charge in [-0.05, 0) is 51.0 Å². The van der Waals surface area contributed by atoms with Crippen molar-refractivity contribution in [1.29, 1.82) is 0 Å². The Labute approximate surface area is 123 Å². The van der Waals surface area contributed by atoms with E-state index in [1.165, 1.54) is 24.3 Å². The minimum absolute atomic E-state index is 0.0886. The van der Waals surface area contributed by atoms with Crippen molar-refractivity contribution in [3.8, 4) is 5.75 Å². The normalized spacial score (nSPS) is 11.0. The number of carbonyl (C=O) groups excluding carboxylic acids is 1. The first-order valence-corrected chi connectivity index (χ1v) is 6.76. The molecule has 5 nitrogen and oxygen atoms in total. The largest absolute Gasteiger partial charge is 0.481 e. The molecule has 0 fully saturated rings. The van der Waals surface area contributed by atoms with Gasteiger partial charge < -0.3 is 15.2 Å². The summed E-state index contributed by atoms with van der Waals surface area (Å²) in [6, 6.07) is 5.43. The molecule has 0 saturated heterocycles. The number of carboxylic acid groups (broad SMARTS) is 1. The second-order valence-electron chi connectivity index (χ2n) is 5.17. The van der Waals surface area contributed by atoms with E-state index in [0.29, 0.717) is 25.1 Å². The minimum atomic E-state index is -1.09. The van der Waals surface area contributed by atoms with Gasteiger partial charge >= 0.3 is 5.97 Å². The van der Waals surface area contributed by atoms with Crippen molar-refractivity contribution >= 4 is 11.9 Å². The lowest BCUT2D eigenvalue weighted by Gasteiger charge is -2.25. The third-order valence-electron chi connectivity index (χ3n) is 2.84. The van der Waals surface area contributed by atoms with Gasteiger partial charge in [-0.2, -0.15) is 0 Å². The summed E-state index contributed by atoms with van der Waals surface area (Å²) < 4.78 is 18.3. The van der Waals surface area contributed by atoms with Crippen molar-refractivity contribution in [3.05, 3.63) is 30.1 Å². The molecular weight excluding hydrogens is 277 g/mol. The highest BCUT2D eigenvalue weighted by Crippen LogP contribution is 2.18. The molecule has 0 unspecified atom stereocenters. The summed E-state index contributed by atoms with van der Waals surface area (Å²) in [5, 5.41) is 11.2. The van der Waals surface area contributed by atoms with Gasteiger partial charge in [0.15, 0.2) is 5.60 Å². The number of nitrogens with one attached hydrogen (secondary N) is 1. The van der Waals surface area contributed by atoms with E-state index in [0.717, 1.165) is 0 Å². The second-order valence-corrected chi connectivity index (χ2v) is 5.17. The van der Waals surface area contributed by atoms with Gasteiger partial charge in [0.05, 0.1) is 0 Å². The fourth-order valence-electron chi connectivity index (χ4n) is 1.66. The van der Waals surface area contributed by atoms with Gasteiger partial charge in [-0.3, -0.25) is 9.59 Å². The summed E-state index contributed by atoms with van der Waals surface area (Å²) in [4.78, 5) is 22.4. The molecule has 0 aromatic heterocycles. The molecule has 0 saturated carbocycles. The lowest BCUT2D eigenvalue weighted by molar-refractivity contribution is -0.137. The fourth-order valence-corrected chi connectivity index (χ4v) is 1.66. The van der Waals surface area contributed by atoms with E-state index in [1.807, 2.05) is 0 Å². The van der Waals surface area contributed by atoms with E-state index in [9.17, 15) is 14.0 Å². The first kappa shape index (κ1) is 16.9. The number of hydrogen-bond acceptors (Lipinski definition) is 3. The number of unbranched alkanes of at least 4 members (excludes halogenated alkanes) is 1. The molecule has 116 valence electrons. The van der Waals surface area contributed by atoms with E-state index < -0.39 is 11.6 Å². The molecule has 1 amide bonds. The van der Waals surface area contributed by atoms with Gasteiger partial charge in [0, 0.05) is 13.0 Å². The Morgan fingerprint density at radius 2 is 1.86 bits per heavy atom. The zero-order chi connectivity index (χ0) is 15.9.